The molecule has 0 unspecified atom stereocenters. The van der Waals surface area contributed by atoms with Crippen LogP contribution in [-0.2, 0) is 32.5 Å². The molecule has 1 aromatic rings. The molecule has 4 nitrogen and oxygen atoms in total. The third-order valence-electron chi connectivity index (χ3n) is 1.35. The average Bonchev–Trinajstić information content (AvgIpc) is 2.03. The molecule has 0 fully saturated rings. The van der Waals surface area contributed by atoms with Crippen molar-refractivity contribution in [2.45, 2.75) is 4.90 Å². The van der Waals surface area contributed by atoms with Gasteiger partial charge in [-0.1, -0.05) is 0 Å². The Morgan fingerprint density at radius 3 is 2.00 bits per heavy atom. The zero-order valence-corrected chi connectivity index (χ0v) is 8.95. The van der Waals surface area contributed by atoms with Gasteiger partial charge in [0.1, 0.15) is 15.9 Å². The standard InChI is InChI=1S/C7H8O4S.Ag/c1-11-6-2-4-7(5-3-6)12(8,9)10;/h2-5H,1H3,(H,8,9,10);/q;+1/p-1. The van der Waals surface area contributed by atoms with Crippen molar-refractivity contribution in [2.75, 3.05) is 7.11 Å². The molecular formula is C7H7AgO4S. The molecular weight excluding hydrogens is 288 g/mol. The molecule has 0 amide bonds. The van der Waals surface area contributed by atoms with Crippen LogP contribution in [0.2, 0.25) is 0 Å². The number of ether oxygens (including phenoxy) is 1. The molecule has 0 aromatic heterocycles. The van der Waals surface area contributed by atoms with E-state index < -0.39 is 10.1 Å². The molecule has 0 radical (unpaired) electrons. The quantitative estimate of drug-likeness (QED) is 0.592. The molecule has 0 saturated heterocycles. The molecule has 1 aromatic carbocycles. The summed E-state index contributed by atoms with van der Waals surface area (Å²) in [6.45, 7) is 0. The minimum Gasteiger partial charge on any atom is -0.744 e. The van der Waals surface area contributed by atoms with Gasteiger partial charge in [-0.15, -0.1) is 0 Å². The minimum absolute atomic E-state index is 0. The van der Waals surface area contributed by atoms with Crippen molar-refractivity contribution in [3.63, 3.8) is 0 Å². The first kappa shape index (κ1) is 12.7. The Bertz CT molecular complexity index is 357. The Morgan fingerprint density at radius 1 is 1.23 bits per heavy atom. The molecule has 6 heteroatoms. The van der Waals surface area contributed by atoms with Crippen molar-refractivity contribution >= 4 is 10.1 Å². The van der Waals surface area contributed by atoms with Gasteiger partial charge in [-0.3, -0.25) is 0 Å². The van der Waals surface area contributed by atoms with Crippen molar-refractivity contribution in [3.05, 3.63) is 24.3 Å². The van der Waals surface area contributed by atoms with Gasteiger partial charge in [-0.25, -0.2) is 8.42 Å². The van der Waals surface area contributed by atoms with Gasteiger partial charge >= 0.3 is 22.4 Å². The Kier molecular flexibility index (Phi) is 4.66. The van der Waals surface area contributed by atoms with Crippen LogP contribution < -0.4 is 4.74 Å². The van der Waals surface area contributed by atoms with Crippen molar-refractivity contribution in [2.24, 2.45) is 0 Å². The van der Waals surface area contributed by atoms with Gasteiger partial charge in [0, 0.05) is 0 Å². The summed E-state index contributed by atoms with van der Waals surface area (Å²) >= 11 is 0. The van der Waals surface area contributed by atoms with Gasteiger partial charge in [0.25, 0.3) is 0 Å². The Morgan fingerprint density at radius 2 is 1.69 bits per heavy atom. The van der Waals surface area contributed by atoms with Crippen LogP contribution in [0.1, 0.15) is 0 Å². The Hall–Kier alpha value is -0.330. The second-order valence-corrected chi connectivity index (χ2v) is 3.51. The van der Waals surface area contributed by atoms with E-state index in [0.717, 1.165) is 0 Å². The Labute approximate surface area is 92.2 Å². The van der Waals surface area contributed by atoms with Crippen LogP contribution in [0.15, 0.2) is 29.2 Å². The molecule has 0 aliphatic rings. The fourth-order valence-electron chi connectivity index (χ4n) is 0.742. The molecule has 0 spiro atoms. The second kappa shape index (κ2) is 4.78. The predicted octanol–water partition coefficient (Wildman–Crippen LogP) is 0.597. The largest absolute Gasteiger partial charge is 1.00 e. The first-order valence-corrected chi connectivity index (χ1v) is 4.55. The second-order valence-electron chi connectivity index (χ2n) is 2.13. The fraction of sp³-hybridized carbons (Fsp3) is 0.143. The molecule has 13 heavy (non-hydrogen) atoms. The van der Waals surface area contributed by atoms with Gasteiger partial charge in [-0.05, 0) is 24.3 Å². The smallest absolute Gasteiger partial charge is 0.744 e. The SMILES string of the molecule is COc1ccc(S(=O)(=O)[O-])cc1.[Ag+]. The normalized spacial score (nSPS) is 10.3. The molecule has 0 saturated carbocycles. The average molecular weight is 295 g/mol. The summed E-state index contributed by atoms with van der Waals surface area (Å²) in [5.41, 5.74) is 0. The van der Waals surface area contributed by atoms with E-state index in [2.05, 4.69) is 0 Å². The fourth-order valence-corrected chi connectivity index (χ4v) is 1.21. The first-order valence-electron chi connectivity index (χ1n) is 3.14. The van der Waals surface area contributed by atoms with Crippen LogP contribution in [0.3, 0.4) is 0 Å². The summed E-state index contributed by atoms with van der Waals surface area (Å²) in [6.07, 6.45) is 0. The van der Waals surface area contributed by atoms with E-state index in [9.17, 15) is 13.0 Å². The molecule has 0 heterocycles. The van der Waals surface area contributed by atoms with Crippen molar-refractivity contribution in [3.8, 4) is 5.75 Å². The first-order chi connectivity index (χ1) is 5.54. The van der Waals surface area contributed by atoms with Gasteiger partial charge in [-0.2, -0.15) is 0 Å². The van der Waals surface area contributed by atoms with Crippen LogP contribution in [0.4, 0.5) is 0 Å². The zero-order valence-electron chi connectivity index (χ0n) is 6.65. The Balaban J connectivity index is 0.00000144. The van der Waals surface area contributed by atoms with Gasteiger partial charge in [0.05, 0.1) is 12.0 Å². The summed E-state index contributed by atoms with van der Waals surface area (Å²) in [7, 11) is -2.87. The minimum atomic E-state index is -4.33. The third-order valence-corrected chi connectivity index (χ3v) is 2.20. The molecule has 0 aliphatic heterocycles. The monoisotopic (exact) mass is 294 g/mol. The van der Waals surface area contributed by atoms with E-state index in [4.69, 9.17) is 4.74 Å². The van der Waals surface area contributed by atoms with Crippen molar-refractivity contribution < 1.29 is 40.1 Å². The van der Waals surface area contributed by atoms with E-state index in [1.807, 2.05) is 0 Å². The maximum absolute atomic E-state index is 10.4. The number of hydrogen-bond donors (Lipinski definition) is 0. The summed E-state index contributed by atoms with van der Waals surface area (Å²) < 4.78 is 36.1. The van der Waals surface area contributed by atoms with Crippen LogP contribution in [0, 0.1) is 0 Å². The topological polar surface area (TPSA) is 66.4 Å². The molecule has 76 valence electrons. The summed E-state index contributed by atoms with van der Waals surface area (Å²) in [4.78, 5) is -0.247. The van der Waals surface area contributed by atoms with Crippen molar-refractivity contribution in [1.82, 2.24) is 0 Å². The van der Waals surface area contributed by atoms with Gasteiger partial charge in [0.2, 0.25) is 0 Å². The predicted molar refractivity (Wildman–Crippen MR) is 41.0 cm³/mol. The van der Waals surface area contributed by atoms with Crippen molar-refractivity contribution in [1.29, 1.82) is 0 Å². The molecule has 0 bridgehead atoms. The number of rotatable bonds is 2. The van der Waals surface area contributed by atoms with E-state index in [1.54, 1.807) is 0 Å². The number of benzene rings is 1. The molecule has 1 rings (SSSR count). The zero-order chi connectivity index (χ0) is 9.19. The summed E-state index contributed by atoms with van der Waals surface area (Å²) in [5.74, 6) is 0.516. The van der Waals surface area contributed by atoms with Gasteiger partial charge in [0.15, 0.2) is 0 Å². The maximum atomic E-state index is 10.4. The van der Waals surface area contributed by atoms with Crippen LogP contribution >= 0.6 is 0 Å². The molecule has 0 atom stereocenters. The van der Waals surface area contributed by atoms with E-state index in [-0.39, 0.29) is 27.3 Å². The van der Waals surface area contributed by atoms with E-state index in [0.29, 0.717) is 5.75 Å². The summed E-state index contributed by atoms with van der Waals surface area (Å²) in [6, 6.07) is 5.26. The number of methoxy groups -OCH3 is 1. The molecule has 0 aliphatic carbocycles. The third kappa shape index (κ3) is 3.50. The van der Waals surface area contributed by atoms with E-state index in [1.165, 1.54) is 31.4 Å². The van der Waals surface area contributed by atoms with Crippen LogP contribution in [-0.4, -0.2) is 20.1 Å². The van der Waals surface area contributed by atoms with Crippen LogP contribution in [0.25, 0.3) is 0 Å². The van der Waals surface area contributed by atoms with E-state index >= 15 is 0 Å². The molecule has 0 N–H and O–H groups in total. The van der Waals surface area contributed by atoms with Crippen LogP contribution in [0.5, 0.6) is 5.75 Å². The number of hydrogen-bond acceptors (Lipinski definition) is 4. The van der Waals surface area contributed by atoms with Gasteiger partial charge < -0.3 is 9.29 Å². The maximum Gasteiger partial charge on any atom is 1.00 e. The summed E-state index contributed by atoms with van der Waals surface area (Å²) in [5, 5.41) is 0.